The van der Waals surface area contributed by atoms with Crippen molar-refractivity contribution in [1.82, 2.24) is 47.9 Å². The lowest BCUT2D eigenvalue weighted by Crippen LogP contribution is -2.62. The molecule has 0 bridgehead atoms. The van der Waals surface area contributed by atoms with Crippen molar-refractivity contribution >= 4 is 65.1 Å². The fourth-order valence-electron chi connectivity index (χ4n) is 9.30. The number of rotatable bonds is 42. The number of nitrogens with one attached hydrogen (secondary N) is 9. The maximum atomic E-state index is 14.7. The van der Waals surface area contributed by atoms with Gasteiger partial charge in [-0.2, -0.15) is 0 Å². The number of amides is 9. The fourth-order valence-corrected chi connectivity index (χ4v) is 9.30. The number of hydrogen-bond acceptors (Lipinski definition) is 16. The minimum Gasteiger partial charge on any atom is -0.508 e. The van der Waals surface area contributed by atoms with Crippen molar-refractivity contribution in [3.05, 3.63) is 65.7 Å². The van der Waals surface area contributed by atoms with E-state index in [2.05, 4.69) is 47.9 Å². The number of carbonyl (C=O) groups excluding carboxylic acids is 9. The van der Waals surface area contributed by atoms with E-state index in [1.807, 2.05) is 0 Å². The molecule has 0 fully saturated rings. The third-order valence-electron chi connectivity index (χ3n) is 14.6. The zero-order valence-corrected chi connectivity index (χ0v) is 52.1. The van der Waals surface area contributed by atoms with E-state index in [1.54, 1.807) is 85.7 Å². The molecule has 0 aliphatic heterocycles. The molecule has 19 N–H and O–H groups in total. The zero-order valence-electron chi connectivity index (χ0n) is 52.1. The number of nitrogens with two attached hydrogens (primary N) is 3. The van der Waals surface area contributed by atoms with Gasteiger partial charge in [-0.1, -0.05) is 111 Å². The molecule has 0 heterocycles. The summed E-state index contributed by atoms with van der Waals surface area (Å²) in [5.74, 6) is -12.0. The average Bonchev–Trinajstić information content (AvgIpc) is 3.67. The minimum absolute atomic E-state index is 0.0703. The lowest BCUT2D eigenvalue weighted by molar-refractivity contribution is -0.143. The van der Waals surface area contributed by atoms with Gasteiger partial charge in [0.2, 0.25) is 53.2 Å². The summed E-state index contributed by atoms with van der Waals surface area (Å²) >= 11 is 0. The molecule has 0 spiro atoms. The van der Waals surface area contributed by atoms with E-state index in [0.29, 0.717) is 49.8 Å². The van der Waals surface area contributed by atoms with Crippen molar-refractivity contribution in [2.24, 2.45) is 40.9 Å². The summed E-state index contributed by atoms with van der Waals surface area (Å²) in [6.07, 6.45) is 1.05. The van der Waals surface area contributed by atoms with E-state index in [-0.39, 0.29) is 62.7 Å². The van der Waals surface area contributed by atoms with Crippen molar-refractivity contribution in [2.45, 2.75) is 199 Å². The average molecular weight is 1240 g/mol. The van der Waals surface area contributed by atoms with Gasteiger partial charge < -0.3 is 85.5 Å². The summed E-state index contributed by atoms with van der Waals surface area (Å²) in [6.45, 7) is 13.4. The normalized spacial score (nSPS) is 15.1. The SMILES string of the molecule is CC[C@H](C)[C@H](NC(=O)[C@H](CCCCN)NC(=O)[C@H](CCC(=O)O)NC(=O)[C@H](CO)NC(=O)[C@H](CC(C)C)NC(=O)[C@@H](N)CCCCN)C(=O)N[C@@H](Cc1ccccc1)C(=O)N[C@@H](Cc1ccc(O)cc1)C(=O)N[C@H](C(=O)N[C@@H](CC(C)C)C(=O)O)C(C)C. The number of carbonyl (C=O) groups is 11. The molecule has 0 saturated carbocycles. The molecule has 27 heteroatoms. The second kappa shape index (κ2) is 39.9. The van der Waals surface area contributed by atoms with Gasteiger partial charge in [-0.3, -0.25) is 47.9 Å². The van der Waals surface area contributed by atoms with Crippen molar-refractivity contribution in [3.63, 3.8) is 0 Å². The highest BCUT2D eigenvalue weighted by Gasteiger charge is 2.37. The Morgan fingerprint density at radius 3 is 1.38 bits per heavy atom. The van der Waals surface area contributed by atoms with Crippen molar-refractivity contribution < 1.29 is 73.2 Å². The molecule has 2 aromatic carbocycles. The molecule has 0 radical (unpaired) electrons. The molecule has 88 heavy (non-hydrogen) atoms. The number of aliphatic carboxylic acids is 2. The van der Waals surface area contributed by atoms with Crippen molar-refractivity contribution in [1.29, 1.82) is 0 Å². The Bertz CT molecular complexity index is 2570. The molecule has 492 valence electrons. The van der Waals surface area contributed by atoms with E-state index in [0.717, 1.165) is 0 Å². The Morgan fingerprint density at radius 1 is 0.455 bits per heavy atom. The quantitative estimate of drug-likeness (QED) is 0.0385. The van der Waals surface area contributed by atoms with Gasteiger partial charge in [-0.15, -0.1) is 0 Å². The molecule has 27 nitrogen and oxygen atoms in total. The number of unbranched alkanes of at least 4 members (excludes halogenated alkanes) is 2. The summed E-state index contributed by atoms with van der Waals surface area (Å²) in [5, 5.41) is 63.3. The first-order valence-corrected chi connectivity index (χ1v) is 30.3. The van der Waals surface area contributed by atoms with Crippen LogP contribution in [0.25, 0.3) is 0 Å². The first-order chi connectivity index (χ1) is 41.5. The first-order valence-electron chi connectivity index (χ1n) is 30.3. The third-order valence-corrected chi connectivity index (χ3v) is 14.6. The van der Waals surface area contributed by atoms with Gasteiger partial charge >= 0.3 is 11.9 Å². The molecule has 2 rings (SSSR count). The molecule has 2 aromatic rings. The molecule has 11 atom stereocenters. The summed E-state index contributed by atoms with van der Waals surface area (Å²) in [7, 11) is 0. The van der Waals surface area contributed by atoms with Gasteiger partial charge in [0.1, 0.15) is 60.1 Å². The van der Waals surface area contributed by atoms with Crippen LogP contribution in [0.15, 0.2) is 54.6 Å². The highest BCUT2D eigenvalue weighted by molar-refractivity contribution is 5.99. The topological polar surface area (TPSA) is 455 Å². The molecule has 0 unspecified atom stereocenters. The summed E-state index contributed by atoms with van der Waals surface area (Å²) in [5.41, 5.74) is 18.5. The Kier molecular flexibility index (Phi) is 34.6. The predicted molar refractivity (Wildman–Crippen MR) is 328 cm³/mol. The van der Waals surface area contributed by atoms with Gasteiger partial charge in [0.25, 0.3) is 0 Å². The van der Waals surface area contributed by atoms with E-state index < -0.39 is 157 Å². The number of benzene rings is 2. The van der Waals surface area contributed by atoms with Crippen LogP contribution in [0, 0.1) is 23.7 Å². The van der Waals surface area contributed by atoms with Crippen LogP contribution in [0.5, 0.6) is 5.75 Å². The van der Waals surface area contributed by atoms with Gasteiger partial charge in [0.05, 0.1) is 12.6 Å². The highest BCUT2D eigenvalue weighted by Crippen LogP contribution is 2.17. The van der Waals surface area contributed by atoms with Crippen molar-refractivity contribution in [3.8, 4) is 5.75 Å². The van der Waals surface area contributed by atoms with Crippen LogP contribution in [0.1, 0.15) is 137 Å². The van der Waals surface area contributed by atoms with Crippen LogP contribution in [0.4, 0.5) is 0 Å². The molecular weight excluding hydrogens is 1140 g/mol. The largest absolute Gasteiger partial charge is 0.508 e. The van der Waals surface area contributed by atoms with Gasteiger partial charge in [0, 0.05) is 19.3 Å². The highest BCUT2D eigenvalue weighted by atomic mass is 16.4. The number of phenolic OH excluding ortho intramolecular Hbond substituents is 1. The lowest BCUT2D eigenvalue weighted by atomic mass is 9.96. The van der Waals surface area contributed by atoms with Crippen LogP contribution in [-0.4, -0.2) is 166 Å². The lowest BCUT2D eigenvalue weighted by Gasteiger charge is -2.30. The van der Waals surface area contributed by atoms with Crippen LogP contribution in [-0.2, 0) is 65.6 Å². The predicted octanol–water partition coefficient (Wildman–Crippen LogP) is -0.138. The Hall–Kier alpha value is -7.75. The number of aliphatic hydroxyl groups is 1. The van der Waals surface area contributed by atoms with E-state index in [1.165, 1.54) is 24.3 Å². The number of carboxylic acid groups (broad SMARTS) is 2. The number of hydrogen-bond donors (Lipinski definition) is 16. The molecule has 0 aromatic heterocycles. The molecule has 9 amide bonds. The number of phenols is 1. The van der Waals surface area contributed by atoms with E-state index >= 15 is 0 Å². The smallest absolute Gasteiger partial charge is 0.326 e. The van der Waals surface area contributed by atoms with Gasteiger partial charge in [-0.25, -0.2) is 4.79 Å². The second-order valence-electron chi connectivity index (χ2n) is 23.5. The fraction of sp³-hybridized carbons (Fsp3) is 0.623. The minimum atomic E-state index is -1.71. The number of aromatic hydroxyl groups is 1. The molecular formula is C61H98N12O15. The summed E-state index contributed by atoms with van der Waals surface area (Å²) in [4.78, 5) is 151. The van der Waals surface area contributed by atoms with Gasteiger partial charge in [-0.05, 0) is 111 Å². The van der Waals surface area contributed by atoms with Crippen LogP contribution >= 0.6 is 0 Å². The molecule has 0 saturated heterocycles. The first kappa shape index (κ1) is 76.3. The van der Waals surface area contributed by atoms with Crippen LogP contribution in [0.3, 0.4) is 0 Å². The summed E-state index contributed by atoms with van der Waals surface area (Å²) < 4.78 is 0. The zero-order chi connectivity index (χ0) is 66.2. The number of carboxylic acids is 2. The standard InChI is InChI=1S/C61H98N12O15/c1-9-37(8)51(73-54(80)42(20-14-16-28-63)65-53(79)43(25-26-49(76)77)66-58(84)48(33-74)71-55(81)44(29-34(2)3)67-52(78)41(64)19-13-15-27-62)60(86)69-45(31-38-17-11-10-12-18-38)56(82)68-46(32-39-21-23-40(75)24-22-39)57(83)72-50(36(6)7)59(85)70-47(61(87)88)30-35(4)5/h10-12,17-18,21-24,34-37,41-48,50-51,74-75H,9,13-16,19-20,25-33,62-64H2,1-8H3,(H,65,79)(H,66,84)(H,67,78)(H,68,82)(H,69,86)(H,70,85)(H,71,81)(H,72,83)(H,73,80)(H,76,77)(H,87,88)/t37-,41-,42-,43-,44-,45-,46-,47-,48-,50-,51-/m0/s1. The maximum Gasteiger partial charge on any atom is 0.326 e. The van der Waals surface area contributed by atoms with Crippen LogP contribution < -0.4 is 65.1 Å². The Balaban J connectivity index is 2.54. The third kappa shape index (κ3) is 28.0. The maximum absolute atomic E-state index is 14.7. The van der Waals surface area contributed by atoms with Gasteiger partial charge in [0.15, 0.2) is 0 Å². The summed E-state index contributed by atoms with van der Waals surface area (Å²) in [6, 6.07) is 0.571. The van der Waals surface area contributed by atoms with E-state index in [9.17, 15) is 73.2 Å². The Labute approximate surface area is 515 Å². The van der Waals surface area contributed by atoms with Crippen LogP contribution in [0.2, 0.25) is 0 Å². The monoisotopic (exact) mass is 1240 g/mol. The molecule has 0 aliphatic rings. The van der Waals surface area contributed by atoms with Crippen molar-refractivity contribution in [2.75, 3.05) is 19.7 Å². The molecule has 0 aliphatic carbocycles. The van der Waals surface area contributed by atoms with E-state index in [4.69, 9.17) is 17.2 Å². The Morgan fingerprint density at radius 2 is 0.864 bits per heavy atom. The second-order valence-corrected chi connectivity index (χ2v) is 23.5. The number of aliphatic hydroxyl groups excluding tert-OH is 1.